The third-order valence-corrected chi connectivity index (χ3v) is 4.44. The molecule has 0 radical (unpaired) electrons. The molecular weight excluding hydrogens is 320 g/mol. The van der Waals surface area contributed by atoms with Crippen LogP contribution >= 0.6 is 0 Å². The minimum absolute atomic E-state index is 0.123. The number of phenolic OH excluding ortho intramolecular Hbond substituents is 1. The smallest absolute Gasteiger partial charge is 0.150 e. The molecule has 1 saturated heterocycles. The van der Waals surface area contributed by atoms with Crippen LogP contribution in [0.5, 0.6) is 5.75 Å². The molecule has 2 atom stereocenters. The van der Waals surface area contributed by atoms with Crippen LogP contribution in [-0.4, -0.2) is 36.6 Å². The predicted molar refractivity (Wildman–Crippen MR) is 91.9 cm³/mol. The van der Waals surface area contributed by atoms with E-state index in [4.69, 9.17) is 9.84 Å². The first kappa shape index (κ1) is 16.0. The van der Waals surface area contributed by atoms with Gasteiger partial charge >= 0.3 is 0 Å². The number of aliphatic hydroxyl groups excluding tert-OH is 1. The number of rotatable bonds is 3. The molecule has 2 aromatic heterocycles. The van der Waals surface area contributed by atoms with Crippen molar-refractivity contribution < 1.29 is 14.9 Å². The van der Waals surface area contributed by atoms with Crippen molar-refractivity contribution in [3.63, 3.8) is 0 Å². The molecule has 1 fully saturated rings. The van der Waals surface area contributed by atoms with Gasteiger partial charge in [0.05, 0.1) is 29.7 Å². The Morgan fingerprint density at radius 3 is 2.92 bits per heavy atom. The van der Waals surface area contributed by atoms with Gasteiger partial charge in [-0.3, -0.25) is 4.98 Å². The summed E-state index contributed by atoms with van der Waals surface area (Å²) >= 11 is 0. The topological polar surface area (TPSA) is 93.3 Å². The highest BCUT2D eigenvalue weighted by atomic mass is 16.5. The molecular formula is C18H20N4O3. The summed E-state index contributed by atoms with van der Waals surface area (Å²) in [6.45, 7) is 2.36. The SMILES string of the molecule is CC(O)c1cncc(-c2nn(C3CCCCO3)c3ccc(O)cc23)n1. The highest BCUT2D eigenvalue weighted by Crippen LogP contribution is 2.33. The van der Waals surface area contributed by atoms with Crippen LogP contribution in [0.2, 0.25) is 0 Å². The van der Waals surface area contributed by atoms with Gasteiger partial charge in [0.1, 0.15) is 17.1 Å². The number of phenols is 1. The van der Waals surface area contributed by atoms with E-state index in [9.17, 15) is 10.2 Å². The second-order valence-electron chi connectivity index (χ2n) is 6.32. The number of fused-ring (bicyclic) bond motifs is 1. The summed E-state index contributed by atoms with van der Waals surface area (Å²) in [6.07, 6.45) is 5.37. The standard InChI is InChI=1S/C18H20N4O3/c1-11(23)14-9-19-10-15(20-14)18-13-8-12(24)5-6-16(13)22(21-18)17-4-2-3-7-25-17/h5-6,8-11,17,23-24H,2-4,7H2,1H3. The third-order valence-electron chi connectivity index (χ3n) is 4.44. The van der Waals surface area contributed by atoms with Gasteiger partial charge in [-0.25, -0.2) is 9.67 Å². The lowest BCUT2D eigenvalue weighted by atomic mass is 10.1. The first-order valence-corrected chi connectivity index (χ1v) is 8.46. The Labute approximate surface area is 144 Å². The Bertz CT molecular complexity index is 900. The van der Waals surface area contributed by atoms with Crippen molar-refractivity contribution >= 4 is 10.9 Å². The first-order valence-electron chi connectivity index (χ1n) is 8.46. The zero-order valence-corrected chi connectivity index (χ0v) is 14.0. The van der Waals surface area contributed by atoms with Gasteiger partial charge in [-0.2, -0.15) is 5.10 Å². The second kappa shape index (κ2) is 6.42. The number of hydrogen-bond acceptors (Lipinski definition) is 6. The molecule has 0 spiro atoms. The van der Waals surface area contributed by atoms with Crippen molar-refractivity contribution in [2.45, 2.75) is 38.5 Å². The number of ether oxygens (including phenoxy) is 1. The molecule has 0 saturated carbocycles. The summed E-state index contributed by atoms with van der Waals surface area (Å²) in [5.74, 6) is 0.164. The summed E-state index contributed by atoms with van der Waals surface area (Å²) in [5.41, 5.74) is 2.54. The Kier molecular flexibility index (Phi) is 4.10. The molecule has 0 amide bonds. The molecule has 7 heteroatoms. The molecule has 3 aromatic rings. The van der Waals surface area contributed by atoms with E-state index < -0.39 is 6.10 Å². The third kappa shape index (κ3) is 2.96. The van der Waals surface area contributed by atoms with E-state index in [0.29, 0.717) is 17.1 Å². The second-order valence-corrected chi connectivity index (χ2v) is 6.32. The van der Waals surface area contributed by atoms with E-state index in [2.05, 4.69) is 9.97 Å². The van der Waals surface area contributed by atoms with Crippen LogP contribution in [0.15, 0.2) is 30.6 Å². The number of hydrogen-bond donors (Lipinski definition) is 2. The number of aromatic nitrogens is 4. The molecule has 4 rings (SSSR count). The maximum absolute atomic E-state index is 9.92. The van der Waals surface area contributed by atoms with Crippen LogP contribution in [0.25, 0.3) is 22.3 Å². The number of benzene rings is 1. The van der Waals surface area contributed by atoms with E-state index in [-0.39, 0.29) is 12.0 Å². The van der Waals surface area contributed by atoms with E-state index in [1.165, 1.54) is 6.20 Å². The quantitative estimate of drug-likeness (QED) is 0.761. The van der Waals surface area contributed by atoms with Gasteiger partial charge in [0.2, 0.25) is 0 Å². The molecule has 3 heterocycles. The van der Waals surface area contributed by atoms with Crippen LogP contribution in [0, 0.1) is 0 Å². The average molecular weight is 340 g/mol. The zero-order chi connectivity index (χ0) is 17.4. The normalized spacial score (nSPS) is 19.2. The lowest BCUT2D eigenvalue weighted by Gasteiger charge is -2.23. The molecule has 0 bridgehead atoms. The van der Waals surface area contributed by atoms with Crippen LogP contribution < -0.4 is 0 Å². The fourth-order valence-corrected chi connectivity index (χ4v) is 3.15. The van der Waals surface area contributed by atoms with Crippen LogP contribution in [0.4, 0.5) is 0 Å². The molecule has 130 valence electrons. The molecule has 1 aliphatic rings. The Morgan fingerprint density at radius 2 is 2.16 bits per heavy atom. The van der Waals surface area contributed by atoms with Crippen molar-refractivity contribution in [1.82, 2.24) is 19.7 Å². The summed E-state index contributed by atoms with van der Waals surface area (Å²) in [5, 5.41) is 25.2. The van der Waals surface area contributed by atoms with E-state index >= 15 is 0 Å². The van der Waals surface area contributed by atoms with Crippen molar-refractivity contribution in [2.24, 2.45) is 0 Å². The van der Waals surface area contributed by atoms with Crippen LogP contribution in [-0.2, 0) is 4.74 Å². The number of aromatic hydroxyl groups is 1. The van der Waals surface area contributed by atoms with Crippen molar-refractivity contribution in [1.29, 1.82) is 0 Å². The van der Waals surface area contributed by atoms with E-state index in [1.807, 2.05) is 10.7 Å². The number of aliphatic hydroxyl groups is 1. The highest BCUT2D eigenvalue weighted by Gasteiger charge is 2.22. The molecule has 2 unspecified atom stereocenters. The molecule has 1 aromatic carbocycles. The molecule has 25 heavy (non-hydrogen) atoms. The molecule has 2 N–H and O–H groups in total. The van der Waals surface area contributed by atoms with Gasteiger partial charge in [0.25, 0.3) is 0 Å². The lowest BCUT2D eigenvalue weighted by Crippen LogP contribution is -2.19. The number of nitrogens with zero attached hydrogens (tertiary/aromatic N) is 4. The summed E-state index contributed by atoms with van der Waals surface area (Å²) < 4.78 is 7.74. The molecule has 0 aliphatic carbocycles. The maximum Gasteiger partial charge on any atom is 0.150 e. The van der Waals surface area contributed by atoms with Gasteiger partial charge in [-0.05, 0) is 44.4 Å². The zero-order valence-electron chi connectivity index (χ0n) is 14.0. The fourth-order valence-electron chi connectivity index (χ4n) is 3.15. The summed E-state index contributed by atoms with van der Waals surface area (Å²) in [6, 6.07) is 5.16. The van der Waals surface area contributed by atoms with Crippen LogP contribution in [0.3, 0.4) is 0 Å². The van der Waals surface area contributed by atoms with Gasteiger partial charge < -0.3 is 14.9 Å². The lowest BCUT2D eigenvalue weighted by molar-refractivity contribution is -0.0365. The summed E-state index contributed by atoms with van der Waals surface area (Å²) in [4.78, 5) is 8.64. The predicted octanol–water partition coefficient (Wildman–Crippen LogP) is 2.95. The minimum atomic E-state index is -0.712. The van der Waals surface area contributed by atoms with Gasteiger partial charge in [-0.1, -0.05) is 0 Å². The highest BCUT2D eigenvalue weighted by molar-refractivity contribution is 5.93. The minimum Gasteiger partial charge on any atom is -0.508 e. The van der Waals surface area contributed by atoms with Crippen molar-refractivity contribution in [3.05, 3.63) is 36.3 Å². The van der Waals surface area contributed by atoms with E-state index in [0.717, 1.165) is 36.8 Å². The maximum atomic E-state index is 9.92. The average Bonchev–Trinajstić information content (AvgIpc) is 3.01. The molecule has 7 nitrogen and oxygen atoms in total. The summed E-state index contributed by atoms with van der Waals surface area (Å²) in [7, 11) is 0. The van der Waals surface area contributed by atoms with Crippen molar-refractivity contribution in [2.75, 3.05) is 6.61 Å². The van der Waals surface area contributed by atoms with Gasteiger partial charge in [0.15, 0.2) is 6.23 Å². The Balaban J connectivity index is 1.88. The van der Waals surface area contributed by atoms with E-state index in [1.54, 1.807) is 25.3 Å². The monoisotopic (exact) mass is 340 g/mol. The first-order chi connectivity index (χ1) is 12.1. The largest absolute Gasteiger partial charge is 0.508 e. The molecule has 1 aliphatic heterocycles. The van der Waals surface area contributed by atoms with Gasteiger partial charge in [0, 0.05) is 12.0 Å². The Morgan fingerprint density at radius 1 is 1.28 bits per heavy atom. The Hall–Kier alpha value is -2.51. The van der Waals surface area contributed by atoms with Crippen LogP contribution in [0.1, 0.15) is 44.2 Å². The van der Waals surface area contributed by atoms with Crippen molar-refractivity contribution in [3.8, 4) is 17.1 Å². The van der Waals surface area contributed by atoms with Gasteiger partial charge in [-0.15, -0.1) is 0 Å². The fraction of sp³-hybridized carbons (Fsp3) is 0.389.